The quantitative estimate of drug-likeness (QED) is 0.611. The molecule has 7 heteroatoms. The van der Waals surface area contributed by atoms with Crippen LogP contribution in [0.2, 0.25) is 0 Å². The smallest absolute Gasteiger partial charge is 0.257 e. The van der Waals surface area contributed by atoms with Crippen LogP contribution in [0.3, 0.4) is 0 Å². The Balaban J connectivity index is 1.81. The van der Waals surface area contributed by atoms with Crippen molar-refractivity contribution in [2.75, 3.05) is 30.8 Å². The van der Waals surface area contributed by atoms with Crippen molar-refractivity contribution in [2.24, 2.45) is 0 Å². The van der Waals surface area contributed by atoms with Crippen molar-refractivity contribution in [1.29, 1.82) is 0 Å². The van der Waals surface area contributed by atoms with E-state index in [2.05, 4.69) is 10.6 Å². The molecular weight excluding hydrogens is 364 g/mol. The number of amides is 2. The number of rotatable bonds is 10. The molecule has 2 aromatic carbocycles. The van der Waals surface area contributed by atoms with Gasteiger partial charge < -0.3 is 20.1 Å². The normalized spacial score (nSPS) is 10.1. The standard InChI is InChI=1S/C20H24N2O4S/c1-3-21-19(23)13-26-17-7-5-6-15(12-17)22-20(24)14-27-18-10-8-16(9-11-18)25-4-2/h5-12H,3-4,13-14H2,1-2H3,(H,21,23)(H,22,24). The number of likely N-dealkylation sites (N-methyl/N-ethyl adjacent to an activating group) is 1. The molecule has 0 aliphatic carbocycles. The van der Waals surface area contributed by atoms with Gasteiger partial charge in [0, 0.05) is 23.2 Å². The number of benzene rings is 2. The minimum Gasteiger partial charge on any atom is -0.494 e. The third kappa shape index (κ3) is 7.62. The summed E-state index contributed by atoms with van der Waals surface area (Å²) in [5.41, 5.74) is 0.626. The summed E-state index contributed by atoms with van der Waals surface area (Å²) in [7, 11) is 0. The predicted molar refractivity (Wildman–Crippen MR) is 108 cm³/mol. The summed E-state index contributed by atoms with van der Waals surface area (Å²) in [4.78, 5) is 24.6. The second kappa shape index (κ2) is 11.1. The van der Waals surface area contributed by atoms with Crippen LogP contribution in [-0.4, -0.2) is 37.3 Å². The number of thioether (sulfide) groups is 1. The first-order chi connectivity index (χ1) is 13.1. The molecule has 2 rings (SSSR count). The molecule has 2 N–H and O–H groups in total. The van der Waals surface area contributed by atoms with Gasteiger partial charge in [0.1, 0.15) is 11.5 Å². The monoisotopic (exact) mass is 388 g/mol. The van der Waals surface area contributed by atoms with E-state index in [1.54, 1.807) is 24.3 Å². The molecule has 0 unspecified atom stereocenters. The Kier molecular flexibility index (Phi) is 8.51. The average Bonchev–Trinajstić information content (AvgIpc) is 2.67. The van der Waals surface area contributed by atoms with E-state index in [0.29, 0.717) is 24.6 Å². The molecule has 0 aliphatic rings. The first-order valence-corrected chi connectivity index (χ1v) is 9.74. The van der Waals surface area contributed by atoms with Gasteiger partial charge in [0.05, 0.1) is 12.4 Å². The fourth-order valence-electron chi connectivity index (χ4n) is 2.21. The highest BCUT2D eigenvalue weighted by atomic mass is 32.2. The molecule has 6 nitrogen and oxygen atoms in total. The van der Waals surface area contributed by atoms with Crippen LogP contribution in [0.25, 0.3) is 0 Å². The van der Waals surface area contributed by atoms with Gasteiger partial charge in [0.15, 0.2) is 6.61 Å². The second-order valence-electron chi connectivity index (χ2n) is 5.51. The number of nitrogens with one attached hydrogen (secondary N) is 2. The fourth-order valence-corrected chi connectivity index (χ4v) is 2.90. The number of ether oxygens (including phenoxy) is 2. The SMILES string of the molecule is CCNC(=O)COc1cccc(NC(=O)CSc2ccc(OCC)cc2)c1. The summed E-state index contributed by atoms with van der Waals surface area (Å²) < 4.78 is 10.8. The summed E-state index contributed by atoms with van der Waals surface area (Å²) in [6, 6.07) is 14.6. The van der Waals surface area contributed by atoms with E-state index >= 15 is 0 Å². The summed E-state index contributed by atoms with van der Waals surface area (Å²) in [5.74, 6) is 1.33. The topological polar surface area (TPSA) is 76.7 Å². The van der Waals surface area contributed by atoms with Gasteiger partial charge in [-0.1, -0.05) is 6.07 Å². The lowest BCUT2D eigenvalue weighted by atomic mass is 10.3. The fraction of sp³-hybridized carbons (Fsp3) is 0.300. The molecule has 144 valence electrons. The Morgan fingerprint density at radius 2 is 1.74 bits per heavy atom. The minimum atomic E-state index is -0.182. The van der Waals surface area contributed by atoms with Crippen LogP contribution in [0.4, 0.5) is 5.69 Å². The van der Waals surface area contributed by atoms with Crippen molar-refractivity contribution in [3.8, 4) is 11.5 Å². The lowest BCUT2D eigenvalue weighted by Gasteiger charge is -2.09. The van der Waals surface area contributed by atoms with Crippen molar-refractivity contribution in [3.63, 3.8) is 0 Å². The van der Waals surface area contributed by atoms with Crippen molar-refractivity contribution in [3.05, 3.63) is 48.5 Å². The number of hydrogen-bond donors (Lipinski definition) is 2. The predicted octanol–water partition coefficient (Wildman–Crippen LogP) is 3.33. The largest absolute Gasteiger partial charge is 0.494 e. The minimum absolute atomic E-state index is 0.0567. The van der Waals surface area contributed by atoms with Crippen molar-refractivity contribution >= 4 is 29.3 Å². The van der Waals surface area contributed by atoms with Gasteiger partial charge in [-0.25, -0.2) is 0 Å². The number of anilines is 1. The van der Waals surface area contributed by atoms with E-state index in [0.717, 1.165) is 10.6 Å². The molecule has 2 aromatic rings. The molecule has 0 saturated heterocycles. The molecule has 0 radical (unpaired) electrons. The van der Waals surface area contributed by atoms with E-state index in [9.17, 15) is 9.59 Å². The lowest BCUT2D eigenvalue weighted by Crippen LogP contribution is -2.28. The van der Waals surface area contributed by atoms with E-state index in [1.807, 2.05) is 38.1 Å². The van der Waals surface area contributed by atoms with E-state index in [1.165, 1.54) is 11.8 Å². The van der Waals surface area contributed by atoms with Crippen molar-refractivity contribution in [2.45, 2.75) is 18.7 Å². The number of hydrogen-bond acceptors (Lipinski definition) is 5. The molecule has 0 heterocycles. The molecule has 0 spiro atoms. The number of carbonyl (C=O) groups excluding carboxylic acids is 2. The lowest BCUT2D eigenvalue weighted by molar-refractivity contribution is -0.123. The average molecular weight is 388 g/mol. The van der Waals surface area contributed by atoms with Gasteiger partial charge in [-0.2, -0.15) is 0 Å². The van der Waals surface area contributed by atoms with Gasteiger partial charge in [-0.3, -0.25) is 9.59 Å². The maximum Gasteiger partial charge on any atom is 0.257 e. The third-order valence-electron chi connectivity index (χ3n) is 3.37. The van der Waals surface area contributed by atoms with Crippen LogP contribution < -0.4 is 20.1 Å². The summed E-state index contributed by atoms with van der Waals surface area (Å²) >= 11 is 1.45. The maximum atomic E-state index is 12.2. The van der Waals surface area contributed by atoms with Crippen LogP contribution in [0.1, 0.15) is 13.8 Å². The Morgan fingerprint density at radius 1 is 0.963 bits per heavy atom. The summed E-state index contributed by atoms with van der Waals surface area (Å²) in [6.07, 6.45) is 0. The Hall–Kier alpha value is -2.67. The maximum absolute atomic E-state index is 12.2. The molecule has 0 saturated carbocycles. The highest BCUT2D eigenvalue weighted by molar-refractivity contribution is 8.00. The van der Waals surface area contributed by atoms with Crippen LogP contribution in [-0.2, 0) is 9.59 Å². The molecule has 0 fully saturated rings. The van der Waals surface area contributed by atoms with Crippen molar-refractivity contribution < 1.29 is 19.1 Å². The zero-order chi connectivity index (χ0) is 19.5. The first-order valence-electron chi connectivity index (χ1n) is 8.75. The zero-order valence-corrected chi connectivity index (χ0v) is 16.3. The van der Waals surface area contributed by atoms with E-state index in [-0.39, 0.29) is 24.2 Å². The summed E-state index contributed by atoms with van der Waals surface area (Å²) in [5, 5.41) is 5.49. The third-order valence-corrected chi connectivity index (χ3v) is 4.38. The zero-order valence-electron chi connectivity index (χ0n) is 15.5. The Labute approximate surface area is 163 Å². The molecule has 0 aliphatic heterocycles. The van der Waals surface area contributed by atoms with E-state index < -0.39 is 0 Å². The molecular formula is C20H24N2O4S. The molecule has 0 aromatic heterocycles. The number of carbonyl (C=O) groups is 2. The Morgan fingerprint density at radius 3 is 2.44 bits per heavy atom. The van der Waals surface area contributed by atoms with Crippen LogP contribution in [0.5, 0.6) is 11.5 Å². The van der Waals surface area contributed by atoms with Crippen LogP contribution in [0, 0.1) is 0 Å². The van der Waals surface area contributed by atoms with Crippen LogP contribution in [0.15, 0.2) is 53.4 Å². The molecule has 2 amide bonds. The highest BCUT2D eigenvalue weighted by Gasteiger charge is 2.06. The Bertz CT molecular complexity index is 750. The first kappa shape index (κ1) is 20.6. The molecule has 27 heavy (non-hydrogen) atoms. The van der Waals surface area contributed by atoms with Gasteiger partial charge in [-0.05, 0) is 50.2 Å². The highest BCUT2D eigenvalue weighted by Crippen LogP contribution is 2.22. The van der Waals surface area contributed by atoms with E-state index in [4.69, 9.17) is 9.47 Å². The van der Waals surface area contributed by atoms with Crippen LogP contribution >= 0.6 is 11.8 Å². The molecule has 0 atom stereocenters. The second-order valence-corrected chi connectivity index (χ2v) is 6.56. The van der Waals surface area contributed by atoms with Gasteiger partial charge in [-0.15, -0.1) is 11.8 Å². The summed E-state index contributed by atoms with van der Waals surface area (Å²) in [6.45, 7) is 4.91. The van der Waals surface area contributed by atoms with Crippen molar-refractivity contribution in [1.82, 2.24) is 5.32 Å². The van der Waals surface area contributed by atoms with Gasteiger partial charge in [0.2, 0.25) is 5.91 Å². The van der Waals surface area contributed by atoms with Gasteiger partial charge in [0.25, 0.3) is 5.91 Å². The van der Waals surface area contributed by atoms with Gasteiger partial charge >= 0.3 is 0 Å². The molecule has 0 bridgehead atoms.